The van der Waals surface area contributed by atoms with E-state index < -0.39 is 0 Å². The molecule has 1 fully saturated rings. The monoisotopic (exact) mass is 214 g/mol. The second kappa shape index (κ2) is 11.8. The Bertz CT molecular complexity index is 125. The molecule has 1 aliphatic carbocycles. The van der Waals surface area contributed by atoms with Crippen LogP contribution in [0.1, 0.15) is 82.1 Å². The molecule has 94 valence electrons. The Morgan fingerprint density at radius 3 is 0.800 bits per heavy atom. The van der Waals surface area contributed by atoms with Crippen molar-refractivity contribution < 1.29 is 0 Å². The van der Waals surface area contributed by atoms with Crippen molar-refractivity contribution in [2.45, 2.75) is 82.1 Å². The molecule has 0 unspecified atom stereocenters. The van der Waals surface area contributed by atoms with Crippen molar-refractivity contribution in [3.8, 4) is 0 Å². The average Bonchev–Trinajstić information content (AvgIpc) is 2.89. The first-order chi connectivity index (χ1) is 6.85. The second-order valence-electron chi connectivity index (χ2n) is 4.66. The summed E-state index contributed by atoms with van der Waals surface area (Å²) >= 11 is 0. The Kier molecular flexibility index (Phi) is 15.9. The molecule has 0 heteroatoms. The second-order valence-corrected chi connectivity index (χ2v) is 4.66. The van der Waals surface area contributed by atoms with Gasteiger partial charge in [0, 0.05) is 0 Å². The number of hydrogen-bond donors (Lipinski definition) is 0. The summed E-state index contributed by atoms with van der Waals surface area (Å²) in [6, 6.07) is 0. The van der Waals surface area contributed by atoms with Crippen LogP contribution in [-0.4, -0.2) is 0 Å². The van der Waals surface area contributed by atoms with E-state index in [2.05, 4.69) is 41.5 Å². The minimum atomic E-state index is 0.750. The standard InChI is InChI=1S/C6H12.C5H10.2C2H6/c1-5(2)6(3)4;1-5(2)3-4-5;2*1-2/h1-4H3;3-4H2,1-2H3;2*1-2H3. The van der Waals surface area contributed by atoms with E-state index in [0.29, 0.717) is 0 Å². The van der Waals surface area contributed by atoms with Crippen LogP contribution in [0.25, 0.3) is 0 Å². The van der Waals surface area contributed by atoms with Crippen molar-refractivity contribution in [2.24, 2.45) is 5.41 Å². The lowest BCUT2D eigenvalue weighted by atomic mass is 10.2. The van der Waals surface area contributed by atoms with E-state index in [1.807, 2.05) is 27.7 Å². The van der Waals surface area contributed by atoms with Gasteiger partial charge in [-0.05, 0) is 46.0 Å². The van der Waals surface area contributed by atoms with Crippen LogP contribution in [0.5, 0.6) is 0 Å². The SMILES string of the molecule is CC.CC.CC(C)=C(C)C.CC1(C)CC1. The first kappa shape index (κ1) is 20.2. The van der Waals surface area contributed by atoms with Gasteiger partial charge in [0.2, 0.25) is 0 Å². The van der Waals surface area contributed by atoms with Crippen LogP contribution in [-0.2, 0) is 0 Å². The molecule has 0 bridgehead atoms. The Morgan fingerprint density at radius 1 is 0.667 bits per heavy atom. The molecule has 1 aliphatic rings. The molecular formula is C15H34. The Balaban J connectivity index is -0.000000145. The maximum atomic E-state index is 2.30. The largest absolute Gasteiger partial charge is 0.0778 e. The third-order valence-electron chi connectivity index (χ3n) is 2.25. The van der Waals surface area contributed by atoms with Gasteiger partial charge < -0.3 is 0 Å². The maximum absolute atomic E-state index is 2.30. The molecule has 0 N–H and O–H groups in total. The van der Waals surface area contributed by atoms with E-state index in [9.17, 15) is 0 Å². The first-order valence-electron chi connectivity index (χ1n) is 6.46. The lowest BCUT2D eigenvalue weighted by Crippen LogP contribution is -1.75. The van der Waals surface area contributed by atoms with Gasteiger partial charge in [-0.3, -0.25) is 0 Å². The molecule has 0 aliphatic heterocycles. The van der Waals surface area contributed by atoms with Gasteiger partial charge >= 0.3 is 0 Å². The minimum Gasteiger partial charge on any atom is -0.0778 e. The van der Waals surface area contributed by atoms with Crippen molar-refractivity contribution in [1.29, 1.82) is 0 Å². The van der Waals surface area contributed by atoms with Gasteiger partial charge in [-0.1, -0.05) is 52.7 Å². The highest BCUT2D eigenvalue weighted by molar-refractivity contribution is 5.02. The van der Waals surface area contributed by atoms with Crippen LogP contribution < -0.4 is 0 Å². The van der Waals surface area contributed by atoms with Crippen molar-refractivity contribution in [2.75, 3.05) is 0 Å². The van der Waals surface area contributed by atoms with Gasteiger partial charge in [-0.25, -0.2) is 0 Å². The van der Waals surface area contributed by atoms with Crippen molar-refractivity contribution in [1.82, 2.24) is 0 Å². The van der Waals surface area contributed by atoms with Crippen LogP contribution in [0.3, 0.4) is 0 Å². The third kappa shape index (κ3) is 24.8. The molecule has 0 aromatic heterocycles. The van der Waals surface area contributed by atoms with Crippen LogP contribution in [0.15, 0.2) is 11.1 Å². The Morgan fingerprint density at radius 2 is 0.800 bits per heavy atom. The Hall–Kier alpha value is -0.260. The fourth-order valence-electron chi connectivity index (χ4n) is 0.250. The first-order valence-corrected chi connectivity index (χ1v) is 6.46. The van der Waals surface area contributed by atoms with Gasteiger partial charge in [-0.15, -0.1) is 0 Å². The molecule has 0 amide bonds. The molecule has 1 rings (SSSR count). The molecule has 0 nitrogen and oxygen atoms in total. The topological polar surface area (TPSA) is 0 Å². The lowest BCUT2D eigenvalue weighted by Gasteiger charge is -1.88. The summed E-state index contributed by atoms with van der Waals surface area (Å²) < 4.78 is 0. The van der Waals surface area contributed by atoms with Gasteiger partial charge in [0.25, 0.3) is 0 Å². The fourth-order valence-corrected chi connectivity index (χ4v) is 0.250. The average molecular weight is 214 g/mol. The highest BCUT2D eigenvalue weighted by Gasteiger charge is 2.30. The highest BCUT2D eigenvalue weighted by atomic mass is 14.4. The number of allylic oxidation sites excluding steroid dienone is 2. The molecule has 0 atom stereocenters. The lowest BCUT2D eigenvalue weighted by molar-refractivity contribution is 0.653. The number of hydrogen-bond acceptors (Lipinski definition) is 0. The molecule has 1 saturated carbocycles. The number of rotatable bonds is 0. The summed E-state index contributed by atoms with van der Waals surface area (Å²) in [6.07, 6.45) is 2.90. The summed E-state index contributed by atoms with van der Waals surface area (Å²) in [4.78, 5) is 0. The van der Waals surface area contributed by atoms with Crippen LogP contribution in [0.2, 0.25) is 0 Å². The highest BCUT2D eigenvalue weighted by Crippen LogP contribution is 2.43. The van der Waals surface area contributed by atoms with E-state index in [-0.39, 0.29) is 0 Å². The maximum Gasteiger partial charge on any atom is -0.0354 e. The zero-order chi connectivity index (χ0) is 13.1. The summed E-state index contributed by atoms with van der Waals surface area (Å²) in [5, 5.41) is 0. The van der Waals surface area contributed by atoms with E-state index in [0.717, 1.165) is 5.41 Å². The van der Waals surface area contributed by atoms with Crippen molar-refractivity contribution >= 4 is 0 Å². The van der Waals surface area contributed by atoms with Gasteiger partial charge in [0.15, 0.2) is 0 Å². The smallest absolute Gasteiger partial charge is 0.0354 e. The summed E-state index contributed by atoms with van der Waals surface area (Å²) in [7, 11) is 0. The van der Waals surface area contributed by atoms with E-state index in [4.69, 9.17) is 0 Å². The van der Waals surface area contributed by atoms with E-state index >= 15 is 0 Å². The van der Waals surface area contributed by atoms with Crippen LogP contribution in [0.4, 0.5) is 0 Å². The molecule has 0 aromatic carbocycles. The summed E-state index contributed by atoms with van der Waals surface area (Å²) in [6.45, 7) is 21.1. The third-order valence-corrected chi connectivity index (χ3v) is 2.25. The van der Waals surface area contributed by atoms with Gasteiger partial charge in [-0.2, -0.15) is 0 Å². The molecule has 15 heavy (non-hydrogen) atoms. The zero-order valence-electron chi connectivity index (χ0n) is 12.9. The van der Waals surface area contributed by atoms with Gasteiger partial charge in [0.1, 0.15) is 0 Å². The Labute approximate surface area is 99.2 Å². The fraction of sp³-hybridized carbons (Fsp3) is 0.867. The minimum absolute atomic E-state index is 0.750. The molecular weight excluding hydrogens is 180 g/mol. The van der Waals surface area contributed by atoms with Crippen LogP contribution >= 0.6 is 0 Å². The van der Waals surface area contributed by atoms with E-state index in [1.165, 1.54) is 24.0 Å². The summed E-state index contributed by atoms with van der Waals surface area (Å²) in [5.41, 5.74) is 3.60. The van der Waals surface area contributed by atoms with Crippen molar-refractivity contribution in [3.63, 3.8) is 0 Å². The zero-order valence-corrected chi connectivity index (χ0v) is 12.9. The molecule has 0 spiro atoms. The predicted octanol–water partition coefficient (Wildman–Crippen LogP) is 6.22. The van der Waals surface area contributed by atoms with E-state index in [1.54, 1.807) is 0 Å². The normalized spacial score (nSPS) is 14.0. The molecule has 0 heterocycles. The van der Waals surface area contributed by atoms with Gasteiger partial charge in [0.05, 0.1) is 0 Å². The molecule has 0 saturated heterocycles. The predicted molar refractivity (Wildman–Crippen MR) is 75.4 cm³/mol. The quantitative estimate of drug-likeness (QED) is 0.420. The van der Waals surface area contributed by atoms with Crippen molar-refractivity contribution in [3.05, 3.63) is 11.1 Å². The van der Waals surface area contributed by atoms with Crippen LogP contribution in [0, 0.1) is 5.41 Å². The molecule has 0 radical (unpaired) electrons. The molecule has 0 aromatic rings. The summed E-state index contributed by atoms with van der Waals surface area (Å²) in [5.74, 6) is 0.